The molecule has 2 N–H and O–H groups in total. The largest absolute Gasteiger partial charge is 0.385 e. The summed E-state index contributed by atoms with van der Waals surface area (Å²) in [6, 6.07) is 6.81. The van der Waals surface area contributed by atoms with Crippen molar-refractivity contribution >= 4 is 22.5 Å². The third kappa shape index (κ3) is 5.11. The van der Waals surface area contributed by atoms with Crippen molar-refractivity contribution in [1.29, 1.82) is 0 Å². The van der Waals surface area contributed by atoms with Crippen LogP contribution >= 0.6 is 0 Å². The number of fused-ring (bicyclic) bond motifs is 1. The first-order chi connectivity index (χ1) is 13.1. The zero-order valence-corrected chi connectivity index (χ0v) is 16.9. The third-order valence-corrected chi connectivity index (χ3v) is 5.70. The van der Waals surface area contributed by atoms with Gasteiger partial charge in [-0.15, -0.1) is 0 Å². The Morgan fingerprint density at radius 2 is 2.07 bits per heavy atom. The van der Waals surface area contributed by atoms with Crippen molar-refractivity contribution in [2.75, 3.05) is 32.1 Å². The molecule has 27 heavy (non-hydrogen) atoms. The number of unbranched alkanes of at least 4 members (excludes halogenated alkanes) is 1. The van der Waals surface area contributed by atoms with Crippen molar-refractivity contribution in [3.05, 3.63) is 30.0 Å². The molecule has 1 fully saturated rings. The number of rotatable bonds is 8. The Bertz CT molecular complexity index is 745. The zero-order valence-electron chi connectivity index (χ0n) is 16.9. The number of likely N-dealkylation sites (tertiary alicyclic amines) is 1. The van der Waals surface area contributed by atoms with E-state index < -0.39 is 0 Å². The van der Waals surface area contributed by atoms with Crippen molar-refractivity contribution in [1.82, 2.24) is 9.88 Å². The molecule has 2 heterocycles. The number of amides is 1. The molecule has 1 aliphatic heterocycles. The number of H-pyrrole nitrogens is 1. The summed E-state index contributed by atoms with van der Waals surface area (Å²) in [6.45, 7) is 7.58. The first kappa shape index (κ1) is 19.9. The number of aromatic amines is 1. The Labute approximate surface area is 162 Å². The summed E-state index contributed by atoms with van der Waals surface area (Å²) in [5.41, 5.74) is 3.43. The molecule has 1 amide bonds. The van der Waals surface area contributed by atoms with Crippen LogP contribution in [0.3, 0.4) is 0 Å². The van der Waals surface area contributed by atoms with Crippen LogP contribution in [0.2, 0.25) is 0 Å². The van der Waals surface area contributed by atoms with Gasteiger partial charge in [-0.25, -0.2) is 0 Å². The number of benzene rings is 1. The first-order valence-corrected chi connectivity index (χ1v) is 10.2. The number of nitrogens with one attached hydrogen (secondary N) is 2. The fourth-order valence-corrected chi connectivity index (χ4v) is 4.04. The van der Waals surface area contributed by atoms with Crippen LogP contribution in [0.25, 0.3) is 10.9 Å². The van der Waals surface area contributed by atoms with Gasteiger partial charge in [0.2, 0.25) is 5.91 Å². The molecule has 0 unspecified atom stereocenters. The van der Waals surface area contributed by atoms with Crippen molar-refractivity contribution in [3.8, 4) is 0 Å². The fraction of sp³-hybridized carbons (Fsp3) is 0.591. The summed E-state index contributed by atoms with van der Waals surface area (Å²) in [4.78, 5) is 18.1. The molecule has 0 atom stereocenters. The molecule has 1 aromatic heterocycles. The van der Waals surface area contributed by atoms with Crippen LogP contribution < -0.4 is 5.32 Å². The number of aromatic nitrogens is 1. The fourth-order valence-electron chi connectivity index (χ4n) is 4.04. The van der Waals surface area contributed by atoms with Gasteiger partial charge < -0.3 is 19.9 Å². The van der Waals surface area contributed by atoms with Gasteiger partial charge in [0.15, 0.2) is 0 Å². The number of hydrogen-bond acceptors (Lipinski definition) is 3. The molecule has 3 rings (SSSR count). The van der Waals surface area contributed by atoms with E-state index in [1.54, 1.807) is 7.11 Å². The second-order valence-electron chi connectivity index (χ2n) is 7.91. The van der Waals surface area contributed by atoms with E-state index in [4.69, 9.17) is 4.74 Å². The van der Waals surface area contributed by atoms with Gasteiger partial charge >= 0.3 is 0 Å². The smallest absolute Gasteiger partial charge is 0.224 e. The predicted octanol–water partition coefficient (Wildman–Crippen LogP) is 4.51. The molecule has 1 aliphatic rings. The number of carbonyl (C=O) groups is 1. The minimum absolute atomic E-state index is 0.0766. The van der Waals surface area contributed by atoms with E-state index in [0.717, 1.165) is 37.1 Å². The highest BCUT2D eigenvalue weighted by molar-refractivity contribution is 5.94. The molecule has 1 aromatic carbocycles. The summed E-state index contributed by atoms with van der Waals surface area (Å²) in [5.74, 6) is 0.668. The number of carbonyl (C=O) groups excluding carboxylic acids is 1. The van der Waals surface area contributed by atoms with Crippen molar-refractivity contribution < 1.29 is 9.53 Å². The average Bonchev–Trinajstić information content (AvgIpc) is 3.08. The quantitative estimate of drug-likeness (QED) is 0.671. The highest BCUT2D eigenvalue weighted by Crippen LogP contribution is 2.34. The Balaban J connectivity index is 1.65. The van der Waals surface area contributed by atoms with Crippen molar-refractivity contribution in [2.45, 2.75) is 57.9 Å². The minimum Gasteiger partial charge on any atom is -0.385 e. The van der Waals surface area contributed by atoms with Crippen molar-refractivity contribution in [3.63, 3.8) is 0 Å². The maximum absolute atomic E-state index is 12.2. The van der Waals surface area contributed by atoms with Crippen LogP contribution in [0.1, 0.15) is 57.4 Å². The number of methoxy groups -OCH3 is 1. The molecule has 5 nitrogen and oxygen atoms in total. The summed E-state index contributed by atoms with van der Waals surface area (Å²) in [7, 11) is 1.69. The van der Waals surface area contributed by atoms with E-state index in [9.17, 15) is 4.79 Å². The lowest BCUT2D eigenvalue weighted by Crippen LogP contribution is -2.37. The van der Waals surface area contributed by atoms with Crippen LogP contribution in [0.5, 0.6) is 0 Å². The average molecular weight is 372 g/mol. The number of hydrogen-bond donors (Lipinski definition) is 2. The maximum Gasteiger partial charge on any atom is 0.224 e. The van der Waals surface area contributed by atoms with Gasteiger partial charge in [0.25, 0.3) is 0 Å². The van der Waals surface area contributed by atoms with Crippen LogP contribution in [-0.4, -0.2) is 48.6 Å². The molecule has 0 aliphatic carbocycles. The van der Waals surface area contributed by atoms with Gasteiger partial charge in [0, 0.05) is 49.0 Å². The second kappa shape index (κ2) is 9.38. The Hall–Kier alpha value is -1.85. The Kier molecular flexibility index (Phi) is 6.91. The number of nitrogens with zero attached hydrogens (tertiary/aromatic N) is 1. The molecule has 148 valence electrons. The monoisotopic (exact) mass is 371 g/mol. The highest BCUT2D eigenvalue weighted by atomic mass is 16.5. The lowest BCUT2D eigenvalue weighted by molar-refractivity contribution is -0.116. The van der Waals surface area contributed by atoms with E-state index >= 15 is 0 Å². The van der Waals surface area contributed by atoms with E-state index in [-0.39, 0.29) is 5.91 Å². The number of ether oxygens (including phenoxy) is 1. The van der Waals surface area contributed by atoms with Crippen LogP contribution in [0.4, 0.5) is 5.69 Å². The summed E-state index contributed by atoms with van der Waals surface area (Å²) in [5, 5.41) is 4.30. The zero-order chi connectivity index (χ0) is 19.2. The van der Waals surface area contributed by atoms with Gasteiger partial charge in [-0.3, -0.25) is 4.79 Å². The third-order valence-electron chi connectivity index (χ3n) is 5.70. The van der Waals surface area contributed by atoms with Crippen LogP contribution in [0.15, 0.2) is 24.4 Å². The standard InChI is InChI=1S/C22H33N3O2/c1-16(2)25-11-9-17(10-12-25)20-15-23-21-8-7-18(14-19(20)21)24-22(26)6-4-5-13-27-3/h7-8,14-17,23H,4-6,9-13H2,1-3H3,(H,24,26). The topological polar surface area (TPSA) is 57.4 Å². The molecule has 0 radical (unpaired) electrons. The van der Waals surface area contributed by atoms with E-state index in [0.29, 0.717) is 25.0 Å². The van der Waals surface area contributed by atoms with Gasteiger partial charge in [0.1, 0.15) is 0 Å². The second-order valence-corrected chi connectivity index (χ2v) is 7.91. The van der Waals surface area contributed by atoms with Gasteiger partial charge in [-0.05, 0) is 82.3 Å². The first-order valence-electron chi connectivity index (χ1n) is 10.2. The van der Waals surface area contributed by atoms with Gasteiger partial charge in [-0.2, -0.15) is 0 Å². The predicted molar refractivity (Wildman–Crippen MR) is 111 cm³/mol. The normalized spacial score (nSPS) is 16.3. The summed E-state index contributed by atoms with van der Waals surface area (Å²) in [6.07, 6.45) is 6.86. The SMILES string of the molecule is COCCCCC(=O)Nc1ccc2[nH]cc(C3CCN(C(C)C)CC3)c2c1. The summed E-state index contributed by atoms with van der Waals surface area (Å²) < 4.78 is 5.03. The van der Waals surface area contributed by atoms with Gasteiger partial charge in [0.05, 0.1) is 0 Å². The molecule has 0 spiro atoms. The van der Waals surface area contributed by atoms with E-state index in [2.05, 4.69) is 47.4 Å². The highest BCUT2D eigenvalue weighted by Gasteiger charge is 2.24. The van der Waals surface area contributed by atoms with Gasteiger partial charge in [-0.1, -0.05) is 0 Å². The minimum atomic E-state index is 0.0766. The lowest BCUT2D eigenvalue weighted by Gasteiger charge is -2.34. The summed E-state index contributed by atoms with van der Waals surface area (Å²) >= 11 is 0. The number of anilines is 1. The molecular formula is C22H33N3O2. The maximum atomic E-state index is 12.2. The molecule has 0 saturated carbocycles. The molecule has 1 saturated heterocycles. The lowest BCUT2D eigenvalue weighted by atomic mass is 9.88. The Morgan fingerprint density at radius 1 is 1.30 bits per heavy atom. The Morgan fingerprint density at radius 3 is 2.78 bits per heavy atom. The molecular weight excluding hydrogens is 338 g/mol. The molecule has 2 aromatic rings. The van der Waals surface area contributed by atoms with E-state index in [1.807, 2.05) is 6.07 Å². The number of piperidine rings is 1. The van der Waals surface area contributed by atoms with Crippen molar-refractivity contribution in [2.24, 2.45) is 0 Å². The van der Waals surface area contributed by atoms with Crippen LogP contribution in [0, 0.1) is 0 Å². The van der Waals surface area contributed by atoms with E-state index in [1.165, 1.54) is 23.8 Å². The van der Waals surface area contributed by atoms with Crippen LogP contribution in [-0.2, 0) is 9.53 Å². The molecule has 0 bridgehead atoms. The molecule has 5 heteroatoms.